The number of hydrogen-bond donors (Lipinski definition) is 2. The van der Waals surface area contributed by atoms with Crippen molar-refractivity contribution in [3.63, 3.8) is 0 Å². The van der Waals surface area contributed by atoms with Crippen molar-refractivity contribution >= 4 is 11.6 Å². The van der Waals surface area contributed by atoms with Crippen LogP contribution in [0.5, 0.6) is 11.5 Å². The van der Waals surface area contributed by atoms with Crippen molar-refractivity contribution in [3.05, 3.63) is 57.6 Å². The van der Waals surface area contributed by atoms with Crippen LogP contribution in [0.1, 0.15) is 43.0 Å². The van der Waals surface area contributed by atoms with Gasteiger partial charge >= 0.3 is 0 Å². The fraction of sp³-hybridized carbons (Fsp3) is 0. The second kappa shape index (κ2) is 4.44. The van der Waals surface area contributed by atoms with E-state index in [1.165, 1.54) is 12.1 Å². The van der Waals surface area contributed by atoms with Gasteiger partial charge in [0.05, 0.1) is 11.1 Å². The molecule has 0 spiro atoms. The number of phenolic OH excluding ortho intramolecular Hbond substituents is 2. The number of hydrogen-bond acceptors (Lipinski definition) is 6. The van der Waals surface area contributed by atoms with E-state index in [9.17, 15) is 19.8 Å². The van der Waals surface area contributed by atoms with Crippen LogP contribution in [0.2, 0.25) is 0 Å². The largest absolute Gasteiger partial charge is 0.506 e. The van der Waals surface area contributed by atoms with E-state index >= 15 is 0 Å². The highest BCUT2D eigenvalue weighted by atomic mass is 16.3. The Labute approximate surface area is 124 Å². The van der Waals surface area contributed by atoms with Gasteiger partial charge in [0.2, 0.25) is 0 Å². The van der Waals surface area contributed by atoms with Gasteiger partial charge in [-0.05, 0) is 0 Å². The van der Waals surface area contributed by atoms with Gasteiger partial charge in [-0.25, -0.2) is 0 Å². The van der Waals surface area contributed by atoms with Crippen molar-refractivity contribution in [2.75, 3.05) is 0 Å². The zero-order valence-electron chi connectivity index (χ0n) is 10.9. The lowest BCUT2D eigenvalue weighted by atomic mass is 9.81. The summed E-state index contributed by atoms with van der Waals surface area (Å²) in [4.78, 5) is 25.0. The van der Waals surface area contributed by atoms with E-state index in [-0.39, 0.29) is 11.1 Å². The van der Waals surface area contributed by atoms with Crippen LogP contribution in [0.3, 0.4) is 0 Å². The Morgan fingerprint density at radius 1 is 0.773 bits per heavy atom. The molecule has 0 fully saturated rings. The highest BCUT2D eigenvalue weighted by molar-refractivity contribution is 6.30. The highest BCUT2D eigenvalue weighted by Crippen LogP contribution is 2.42. The van der Waals surface area contributed by atoms with Crippen molar-refractivity contribution in [3.8, 4) is 23.6 Å². The van der Waals surface area contributed by atoms with Gasteiger partial charge in [0, 0.05) is 11.1 Å². The number of phenols is 2. The van der Waals surface area contributed by atoms with Crippen molar-refractivity contribution in [1.29, 1.82) is 10.5 Å². The molecule has 1 aliphatic rings. The van der Waals surface area contributed by atoms with Crippen molar-refractivity contribution in [2.45, 2.75) is 0 Å². The molecule has 0 radical (unpaired) electrons. The van der Waals surface area contributed by atoms with E-state index in [0.29, 0.717) is 0 Å². The molecular weight excluding hydrogens is 284 g/mol. The minimum absolute atomic E-state index is 0.0725. The molecule has 3 rings (SSSR count). The SMILES string of the molecule is N#Cc1c(O)c2c(c(O)c1C#N)C(=O)c1ccccc1C2=O. The average Bonchev–Trinajstić information content (AvgIpc) is 2.53. The number of aromatic hydroxyl groups is 2. The Balaban J connectivity index is 2.50. The quantitative estimate of drug-likeness (QED) is 0.606. The predicted octanol–water partition coefficient (Wildman–Crippen LogP) is 1.62. The number of rotatable bonds is 0. The first-order valence-corrected chi connectivity index (χ1v) is 6.13. The van der Waals surface area contributed by atoms with Crippen LogP contribution in [-0.4, -0.2) is 21.8 Å². The second-order valence-electron chi connectivity index (χ2n) is 4.62. The van der Waals surface area contributed by atoms with Gasteiger partial charge in [-0.2, -0.15) is 10.5 Å². The predicted molar refractivity (Wildman–Crippen MR) is 72.5 cm³/mol. The van der Waals surface area contributed by atoms with Crippen molar-refractivity contribution < 1.29 is 19.8 Å². The summed E-state index contributed by atoms with van der Waals surface area (Å²) in [5, 5.41) is 38.3. The van der Waals surface area contributed by atoms with E-state index in [1.54, 1.807) is 24.3 Å². The number of ketones is 2. The van der Waals surface area contributed by atoms with Gasteiger partial charge in [-0.15, -0.1) is 0 Å². The maximum absolute atomic E-state index is 12.5. The first kappa shape index (κ1) is 13.3. The Hall–Kier alpha value is -3.64. The number of benzene rings is 2. The molecule has 0 unspecified atom stereocenters. The van der Waals surface area contributed by atoms with Crippen LogP contribution < -0.4 is 0 Å². The molecule has 1 aliphatic carbocycles. The van der Waals surface area contributed by atoms with Crippen LogP contribution in [0.15, 0.2) is 24.3 Å². The summed E-state index contributed by atoms with van der Waals surface area (Å²) < 4.78 is 0. The molecule has 6 heteroatoms. The number of nitriles is 2. The molecule has 2 aromatic rings. The highest BCUT2D eigenvalue weighted by Gasteiger charge is 2.37. The lowest BCUT2D eigenvalue weighted by molar-refractivity contribution is 0.0974. The lowest BCUT2D eigenvalue weighted by Gasteiger charge is -2.20. The number of carbonyl (C=O) groups excluding carboxylic acids is 2. The lowest BCUT2D eigenvalue weighted by Crippen LogP contribution is -2.22. The van der Waals surface area contributed by atoms with Crippen LogP contribution in [0.25, 0.3) is 0 Å². The molecule has 0 saturated carbocycles. The van der Waals surface area contributed by atoms with E-state index in [0.717, 1.165) is 0 Å². The summed E-state index contributed by atoms with van der Waals surface area (Å²) in [5.41, 5.74) is -1.81. The molecule has 2 aromatic carbocycles. The summed E-state index contributed by atoms with van der Waals surface area (Å²) in [6, 6.07) is 9.08. The minimum atomic E-state index is -0.764. The third-order valence-electron chi connectivity index (χ3n) is 3.54. The van der Waals surface area contributed by atoms with Gasteiger partial charge in [-0.1, -0.05) is 24.3 Å². The molecule has 0 aromatic heterocycles. The fourth-order valence-corrected chi connectivity index (χ4v) is 2.53. The van der Waals surface area contributed by atoms with E-state index in [4.69, 9.17) is 10.5 Å². The number of fused-ring (bicyclic) bond motifs is 2. The summed E-state index contributed by atoms with van der Waals surface area (Å²) in [6.45, 7) is 0. The summed E-state index contributed by atoms with van der Waals surface area (Å²) >= 11 is 0. The molecule has 0 bridgehead atoms. The number of nitrogens with zero attached hydrogens (tertiary/aromatic N) is 2. The maximum atomic E-state index is 12.5. The normalized spacial score (nSPS) is 12.1. The van der Waals surface area contributed by atoms with Crippen LogP contribution in [0, 0.1) is 22.7 Å². The van der Waals surface area contributed by atoms with Crippen LogP contribution in [-0.2, 0) is 0 Å². The first-order valence-electron chi connectivity index (χ1n) is 6.13. The third kappa shape index (κ3) is 1.46. The van der Waals surface area contributed by atoms with Gasteiger partial charge in [0.25, 0.3) is 0 Å². The smallest absolute Gasteiger partial charge is 0.198 e. The standard InChI is InChI=1S/C16H6N2O4/c17-5-9-10(6-18)16(22)12-11(15(9)21)13(19)7-3-1-2-4-8(7)14(12)20/h1-4,21-22H. The topological polar surface area (TPSA) is 122 Å². The molecule has 2 N–H and O–H groups in total. The van der Waals surface area contributed by atoms with Gasteiger partial charge in [0.1, 0.15) is 34.8 Å². The zero-order valence-corrected chi connectivity index (χ0v) is 10.9. The van der Waals surface area contributed by atoms with Gasteiger partial charge in [-0.3, -0.25) is 9.59 Å². The zero-order chi connectivity index (χ0) is 16.0. The maximum Gasteiger partial charge on any atom is 0.198 e. The Bertz CT molecular complexity index is 884. The molecule has 0 atom stereocenters. The van der Waals surface area contributed by atoms with Gasteiger partial charge < -0.3 is 10.2 Å². The monoisotopic (exact) mass is 290 g/mol. The third-order valence-corrected chi connectivity index (χ3v) is 3.54. The summed E-state index contributed by atoms with van der Waals surface area (Å²) in [6.07, 6.45) is 0. The fourth-order valence-electron chi connectivity index (χ4n) is 2.53. The Morgan fingerprint density at radius 2 is 1.14 bits per heavy atom. The van der Waals surface area contributed by atoms with Crippen molar-refractivity contribution in [1.82, 2.24) is 0 Å². The van der Waals surface area contributed by atoms with Crippen molar-refractivity contribution in [2.24, 2.45) is 0 Å². The molecule has 0 saturated heterocycles. The van der Waals surface area contributed by atoms with Crippen LogP contribution in [0.4, 0.5) is 0 Å². The Kier molecular flexibility index (Phi) is 2.69. The van der Waals surface area contributed by atoms with E-state index in [1.807, 2.05) is 0 Å². The molecular formula is C16H6N2O4. The molecule has 0 aliphatic heterocycles. The second-order valence-corrected chi connectivity index (χ2v) is 4.62. The molecule has 6 nitrogen and oxygen atoms in total. The summed E-state index contributed by atoms with van der Waals surface area (Å²) in [7, 11) is 0. The minimum Gasteiger partial charge on any atom is -0.506 e. The number of carbonyl (C=O) groups is 2. The molecule has 0 amide bonds. The molecule has 22 heavy (non-hydrogen) atoms. The first-order chi connectivity index (χ1) is 10.5. The molecule has 0 heterocycles. The van der Waals surface area contributed by atoms with E-state index < -0.39 is 45.3 Å². The molecule has 104 valence electrons. The Morgan fingerprint density at radius 3 is 1.45 bits per heavy atom. The summed E-state index contributed by atoms with van der Waals surface area (Å²) in [5.74, 6) is -2.89. The van der Waals surface area contributed by atoms with Gasteiger partial charge in [0.15, 0.2) is 11.6 Å². The van der Waals surface area contributed by atoms with Crippen LogP contribution >= 0.6 is 0 Å². The average molecular weight is 290 g/mol. The van der Waals surface area contributed by atoms with E-state index in [2.05, 4.69) is 0 Å².